The number of halogens is 4. The van der Waals surface area contributed by atoms with Gasteiger partial charge in [-0.25, -0.2) is 4.39 Å². The third-order valence-corrected chi connectivity index (χ3v) is 4.83. The molecule has 1 saturated heterocycles. The summed E-state index contributed by atoms with van der Waals surface area (Å²) < 4.78 is 68.7. The van der Waals surface area contributed by atoms with Crippen molar-refractivity contribution in [2.45, 2.75) is 37.4 Å². The molecular formula is C14H17F4NO2S. The van der Waals surface area contributed by atoms with Crippen LogP contribution in [0, 0.1) is 12.7 Å². The Labute approximate surface area is 129 Å². The fraction of sp³-hybridized carbons (Fsp3) is 0.571. The van der Waals surface area contributed by atoms with E-state index in [4.69, 9.17) is 4.74 Å². The van der Waals surface area contributed by atoms with Crippen LogP contribution in [0.25, 0.3) is 0 Å². The predicted octanol–water partition coefficient (Wildman–Crippen LogP) is 3.38. The van der Waals surface area contributed by atoms with Crippen LogP contribution in [0.2, 0.25) is 0 Å². The van der Waals surface area contributed by atoms with Crippen LogP contribution in [0.1, 0.15) is 19.4 Å². The highest BCUT2D eigenvalue weighted by Gasteiger charge is 2.37. The summed E-state index contributed by atoms with van der Waals surface area (Å²) in [7, 11) is 0. The lowest BCUT2D eigenvalue weighted by Gasteiger charge is -2.21. The first-order chi connectivity index (χ1) is 9.98. The predicted molar refractivity (Wildman–Crippen MR) is 75.8 cm³/mol. The van der Waals surface area contributed by atoms with E-state index in [1.807, 2.05) is 13.8 Å². The van der Waals surface area contributed by atoms with Crippen molar-refractivity contribution in [2.75, 3.05) is 23.9 Å². The molecule has 0 amide bonds. The van der Waals surface area contributed by atoms with Gasteiger partial charge in [-0.2, -0.15) is 13.2 Å². The molecule has 22 heavy (non-hydrogen) atoms. The molecule has 8 heteroatoms. The molecule has 1 aromatic carbocycles. The van der Waals surface area contributed by atoms with Crippen LogP contribution in [0.3, 0.4) is 0 Å². The van der Waals surface area contributed by atoms with Crippen LogP contribution in [0.15, 0.2) is 17.0 Å². The quantitative estimate of drug-likeness (QED) is 0.626. The lowest BCUT2D eigenvalue weighted by Crippen LogP contribution is -2.28. The number of benzene rings is 1. The number of alkyl halides is 3. The molecule has 0 radical (unpaired) electrons. The zero-order valence-corrected chi connectivity index (χ0v) is 13.3. The number of aryl methyl sites for hydroxylation is 1. The summed E-state index contributed by atoms with van der Waals surface area (Å²) in [5.41, 5.74) is -0.118. The van der Waals surface area contributed by atoms with E-state index < -0.39 is 34.5 Å². The van der Waals surface area contributed by atoms with Gasteiger partial charge in [0.05, 0.1) is 11.3 Å². The summed E-state index contributed by atoms with van der Waals surface area (Å²) in [6.07, 6.45) is -4.54. The van der Waals surface area contributed by atoms with Gasteiger partial charge in [-0.15, -0.1) is 0 Å². The molecule has 0 saturated carbocycles. The van der Waals surface area contributed by atoms with Gasteiger partial charge in [0.15, 0.2) is 4.90 Å². The van der Waals surface area contributed by atoms with E-state index in [1.54, 1.807) is 4.90 Å². The average molecular weight is 339 g/mol. The minimum absolute atomic E-state index is 0.00145. The van der Waals surface area contributed by atoms with E-state index in [9.17, 15) is 22.1 Å². The third-order valence-electron chi connectivity index (χ3n) is 3.31. The Balaban J connectivity index is 2.31. The van der Waals surface area contributed by atoms with Crippen molar-refractivity contribution >= 4 is 16.9 Å². The van der Waals surface area contributed by atoms with Crippen LogP contribution < -0.4 is 4.90 Å². The Hall–Kier alpha value is -0.990. The Kier molecular flexibility index (Phi) is 4.66. The Morgan fingerprint density at radius 3 is 2.50 bits per heavy atom. The molecule has 0 aliphatic carbocycles. The number of nitrogens with zero attached hydrogens (tertiary/aromatic N) is 1. The molecule has 0 bridgehead atoms. The summed E-state index contributed by atoms with van der Waals surface area (Å²) in [6, 6.07) is 2.35. The standard InChI is InChI=1S/C14H17F4NO2S/c1-9-4-10(15)11(19-6-13(2,3)21-8-19)5-12(9)22(20)7-14(16,17)18/h4-5H,6-8H2,1-3H3. The van der Waals surface area contributed by atoms with Gasteiger partial charge >= 0.3 is 6.18 Å². The SMILES string of the molecule is Cc1cc(F)c(N2COC(C)(C)C2)cc1[S+]([O-])CC(F)(F)F. The van der Waals surface area contributed by atoms with Crippen LogP contribution >= 0.6 is 0 Å². The second-order valence-electron chi connectivity index (χ2n) is 5.91. The molecule has 1 aliphatic rings. The van der Waals surface area contributed by atoms with Crippen molar-refractivity contribution in [2.24, 2.45) is 0 Å². The number of hydrogen-bond donors (Lipinski definition) is 0. The van der Waals surface area contributed by atoms with Gasteiger partial charge in [0.25, 0.3) is 0 Å². The fourth-order valence-electron chi connectivity index (χ4n) is 2.31. The maximum Gasteiger partial charge on any atom is 0.433 e. The molecule has 1 heterocycles. The fourth-order valence-corrected chi connectivity index (χ4v) is 3.43. The Morgan fingerprint density at radius 1 is 1.36 bits per heavy atom. The molecule has 1 aromatic rings. The Bertz CT molecular complexity index is 563. The largest absolute Gasteiger partial charge is 0.611 e. The zero-order valence-electron chi connectivity index (χ0n) is 12.5. The smallest absolute Gasteiger partial charge is 0.433 e. The number of hydrogen-bond acceptors (Lipinski definition) is 3. The molecule has 3 nitrogen and oxygen atoms in total. The summed E-state index contributed by atoms with van der Waals surface area (Å²) in [5, 5.41) is 0. The highest BCUT2D eigenvalue weighted by molar-refractivity contribution is 7.91. The van der Waals surface area contributed by atoms with E-state index in [2.05, 4.69) is 0 Å². The minimum Gasteiger partial charge on any atom is -0.611 e. The molecule has 1 aliphatic heterocycles. The van der Waals surface area contributed by atoms with E-state index >= 15 is 0 Å². The zero-order chi connectivity index (χ0) is 16.7. The van der Waals surface area contributed by atoms with Gasteiger partial charge in [0, 0.05) is 18.2 Å². The maximum atomic E-state index is 14.1. The van der Waals surface area contributed by atoms with Crippen molar-refractivity contribution in [3.05, 3.63) is 23.5 Å². The summed E-state index contributed by atoms with van der Waals surface area (Å²) >= 11 is -2.26. The highest BCUT2D eigenvalue weighted by Crippen LogP contribution is 2.33. The van der Waals surface area contributed by atoms with Crippen molar-refractivity contribution in [3.8, 4) is 0 Å². The molecule has 0 spiro atoms. The minimum atomic E-state index is -4.54. The molecule has 0 aromatic heterocycles. The van der Waals surface area contributed by atoms with E-state index in [-0.39, 0.29) is 22.9 Å². The Morgan fingerprint density at radius 2 is 2.00 bits per heavy atom. The summed E-state index contributed by atoms with van der Waals surface area (Å²) in [6.45, 7) is 5.65. The van der Waals surface area contributed by atoms with Gasteiger partial charge in [-0.3, -0.25) is 0 Å². The second kappa shape index (κ2) is 5.90. The van der Waals surface area contributed by atoms with Crippen molar-refractivity contribution in [1.82, 2.24) is 0 Å². The van der Waals surface area contributed by atoms with Gasteiger partial charge in [0.2, 0.25) is 5.75 Å². The molecule has 124 valence electrons. The van der Waals surface area contributed by atoms with Crippen molar-refractivity contribution in [3.63, 3.8) is 0 Å². The molecule has 2 rings (SSSR count). The highest BCUT2D eigenvalue weighted by atomic mass is 32.2. The van der Waals surface area contributed by atoms with Crippen LogP contribution in [0.4, 0.5) is 23.2 Å². The molecule has 0 N–H and O–H groups in total. The number of anilines is 1. The van der Waals surface area contributed by atoms with Gasteiger partial charge in [-0.1, -0.05) is 0 Å². The van der Waals surface area contributed by atoms with E-state index in [0.29, 0.717) is 6.54 Å². The van der Waals surface area contributed by atoms with Gasteiger partial charge in [-0.05, 0) is 38.0 Å². The summed E-state index contributed by atoms with van der Waals surface area (Å²) in [4.78, 5) is 1.58. The van der Waals surface area contributed by atoms with E-state index in [0.717, 1.165) is 6.07 Å². The third kappa shape index (κ3) is 4.05. The molecule has 1 atom stereocenters. The first-order valence-electron chi connectivity index (χ1n) is 6.63. The topological polar surface area (TPSA) is 35.5 Å². The monoisotopic (exact) mass is 339 g/mol. The molecular weight excluding hydrogens is 322 g/mol. The first-order valence-corrected chi connectivity index (χ1v) is 7.94. The van der Waals surface area contributed by atoms with Crippen molar-refractivity contribution < 1.29 is 26.9 Å². The van der Waals surface area contributed by atoms with Crippen molar-refractivity contribution in [1.29, 1.82) is 0 Å². The van der Waals surface area contributed by atoms with Gasteiger partial charge in [0.1, 0.15) is 12.5 Å². The van der Waals surface area contributed by atoms with E-state index in [1.165, 1.54) is 13.0 Å². The molecule has 1 unspecified atom stereocenters. The van der Waals surface area contributed by atoms with Crippen LogP contribution in [-0.2, 0) is 15.9 Å². The van der Waals surface area contributed by atoms with Crippen LogP contribution in [0.5, 0.6) is 0 Å². The second-order valence-corrected chi connectivity index (χ2v) is 7.32. The average Bonchev–Trinajstić information content (AvgIpc) is 2.67. The maximum absolute atomic E-state index is 14.1. The normalized spacial score (nSPS) is 19.5. The lowest BCUT2D eigenvalue weighted by atomic mass is 10.1. The van der Waals surface area contributed by atoms with Crippen LogP contribution in [-0.4, -0.2) is 35.4 Å². The summed E-state index contributed by atoms with van der Waals surface area (Å²) in [5.74, 6) is -2.01. The number of ether oxygens (including phenoxy) is 1. The van der Waals surface area contributed by atoms with Gasteiger partial charge < -0.3 is 14.2 Å². The first kappa shape index (κ1) is 17.4. The lowest BCUT2D eigenvalue weighted by molar-refractivity contribution is -0.106. The number of rotatable bonds is 3. The molecule has 1 fully saturated rings.